The molecular formula is C25H25N3O5. The van der Waals surface area contributed by atoms with Crippen molar-refractivity contribution in [3.8, 4) is 28.5 Å². The SMILES string of the molecule is CCc1ccc(-c2c(-c3ccccn3)oc3ncnc(OC[C@H](C)OCCC(=O)O)c23)cc1. The maximum absolute atomic E-state index is 10.7. The Morgan fingerprint density at radius 2 is 1.94 bits per heavy atom. The van der Waals surface area contributed by atoms with E-state index in [9.17, 15) is 4.79 Å². The fourth-order valence-corrected chi connectivity index (χ4v) is 3.47. The largest absolute Gasteiger partial charge is 0.481 e. The Labute approximate surface area is 191 Å². The van der Waals surface area contributed by atoms with E-state index in [1.165, 1.54) is 11.9 Å². The summed E-state index contributed by atoms with van der Waals surface area (Å²) < 4.78 is 17.7. The van der Waals surface area contributed by atoms with Crippen LogP contribution in [0.25, 0.3) is 33.7 Å². The number of aryl methyl sites for hydroxylation is 1. The van der Waals surface area contributed by atoms with Crippen LogP contribution in [0.3, 0.4) is 0 Å². The van der Waals surface area contributed by atoms with Crippen molar-refractivity contribution < 1.29 is 23.8 Å². The molecular weight excluding hydrogens is 422 g/mol. The minimum Gasteiger partial charge on any atom is -0.481 e. The van der Waals surface area contributed by atoms with Crippen molar-refractivity contribution in [2.45, 2.75) is 32.8 Å². The van der Waals surface area contributed by atoms with E-state index in [0.29, 0.717) is 28.4 Å². The molecule has 1 N–H and O–H groups in total. The van der Waals surface area contributed by atoms with Crippen LogP contribution in [-0.2, 0) is 16.0 Å². The molecule has 3 aromatic heterocycles. The lowest BCUT2D eigenvalue weighted by Crippen LogP contribution is -2.20. The molecule has 0 saturated carbocycles. The molecule has 0 bridgehead atoms. The maximum atomic E-state index is 10.7. The number of aliphatic carboxylic acids is 1. The monoisotopic (exact) mass is 447 g/mol. The summed E-state index contributed by atoms with van der Waals surface area (Å²) in [6.07, 6.45) is 3.67. The van der Waals surface area contributed by atoms with Gasteiger partial charge >= 0.3 is 5.97 Å². The molecule has 0 spiro atoms. The van der Waals surface area contributed by atoms with E-state index in [-0.39, 0.29) is 25.7 Å². The van der Waals surface area contributed by atoms with Gasteiger partial charge in [-0.3, -0.25) is 9.78 Å². The number of rotatable bonds is 10. The number of carboxylic acid groups (broad SMARTS) is 1. The molecule has 4 aromatic rings. The molecule has 4 rings (SSSR count). The standard InChI is InChI=1S/C25H25N3O5/c1-3-17-7-9-18(10-8-17)21-22-24(32-14-16(2)31-13-11-20(29)30)27-15-28-25(22)33-23(21)19-6-4-5-12-26-19/h4-10,12,15-16H,3,11,13-14H2,1-2H3,(H,29,30)/t16-/m0/s1. The molecule has 0 aliphatic rings. The van der Waals surface area contributed by atoms with Crippen LogP contribution >= 0.6 is 0 Å². The minimum atomic E-state index is -0.903. The molecule has 0 aliphatic carbocycles. The Hall–Kier alpha value is -3.78. The van der Waals surface area contributed by atoms with Gasteiger partial charge in [0, 0.05) is 11.8 Å². The summed E-state index contributed by atoms with van der Waals surface area (Å²) >= 11 is 0. The van der Waals surface area contributed by atoms with Gasteiger partial charge in [-0.25, -0.2) is 9.97 Å². The Balaban J connectivity index is 1.73. The molecule has 0 aliphatic heterocycles. The molecule has 1 atom stereocenters. The second-order valence-corrected chi connectivity index (χ2v) is 7.57. The van der Waals surface area contributed by atoms with Crippen molar-refractivity contribution >= 4 is 17.1 Å². The number of aromatic nitrogens is 3. The van der Waals surface area contributed by atoms with Crippen LogP contribution in [-0.4, -0.2) is 45.3 Å². The number of hydrogen-bond acceptors (Lipinski definition) is 7. The zero-order valence-electron chi connectivity index (χ0n) is 18.5. The summed E-state index contributed by atoms with van der Waals surface area (Å²) in [4.78, 5) is 23.8. The molecule has 170 valence electrons. The predicted molar refractivity (Wildman–Crippen MR) is 123 cm³/mol. The highest BCUT2D eigenvalue weighted by Gasteiger charge is 2.24. The quantitative estimate of drug-likeness (QED) is 0.370. The first kappa shape index (κ1) is 22.4. The summed E-state index contributed by atoms with van der Waals surface area (Å²) in [5.74, 6) is 0.0555. The first-order valence-corrected chi connectivity index (χ1v) is 10.8. The van der Waals surface area contributed by atoms with E-state index in [2.05, 4.69) is 34.0 Å². The van der Waals surface area contributed by atoms with Crippen LogP contribution in [0, 0.1) is 0 Å². The summed E-state index contributed by atoms with van der Waals surface area (Å²) in [7, 11) is 0. The van der Waals surface area contributed by atoms with Crippen molar-refractivity contribution in [3.05, 3.63) is 60.6 Å². The van der Waals surface area contributed by atoms with Gasteiger partial charge in [0.25, 0.3) is 0 Å². The first-order valence-electron chi connectivity index (χ1n) is 10.8. The van der Waals surface area contributed by atoms with E-state index in [0.717, 1.165) is 17.5 Å². The van der Waals surface area contributed by atoms with Crippen LogP contribution in [0.5, 0.6) is 5.88 Å². The third kappa shape index (κ3) is 5.18. The Bertz CT molecular complexity index is 1220. The lowest BCUT2D eigenvalue weighted by atomic mass is 9.99. The number of furan rings is 1. The van der Waals surface area contributed by atoms with Gasteiger partial charge in [0.05, 0.1) is 19.1 Å². The highest BCUT2D eigenvalue weighted by atomic mass is 16.5. The second-order valence-electron chi connectivity index (χ2n) is 7.57. The smallest absolute Gasteiger partial charge is 0.305 e. The van der Waals surface area contributed by atoms with Crippen LogP contribution in [0.4, 0.5) is 0 Å². The van der Waals surface area contributed by atoms with Crippen molar-refractivity contribution in [1.82, 2.24) is 15.0 Å². The Morgan fingerprint density at radius 3 is 2.64 bits per heavy atom. The zero-order valence-corrected chi connectivity index (χ0v) is 18.5. The Kier molecular flexibility index (Phi) is 6.95. The highest BCUT2D eigenvalue weighted by Crippen LogP contribution is 2.42. The lowest BCUT2D eigenvalue weighted by Gasteiger charge is -2.14. The fourth-order valence-electron chi connectivity index (χ4n) is 3.47. The molecule has 8 nitrogen and oxygen atoms in total. The fraction of sp³-hybridized carbons (Fsp3) is 0.280. The van der Waals surface area contributed by atoms with Crippen LogP contribution < -0.4 is 4.74 Å². The summed E-state index contributed by atoms with van der Waals surface area (Å²) in [6, 6.07) is 13.9. The molecule has 8 heteroatoms. The number of carbonyl (C=O) groups is 1. The molecule has 0 unspecified atom stereocenters. The number of fused-ring (bicyclic) bond motifs is 1. The number of pyridine rings is 1. The summed E-state index contributed by atoms with van der Waals surface area (Å²) in [5.41, 5.74) is 4.06. The van der Waals surface area contributed by atoms with Gasteiger partial charge in [0.15, 0.2) is 5.76 Å². The molecule has 33 heavy (non-hydrogen) atoms. The van der Waals surface area contributed by atoms with Crippen molar-refractivity contribution in [3.63, 3.8) is 0 Å². The summed E-state index contributed by atoms with van der Waals surface area (Å²) in [5, 5.41) is 9.43. The van der Waals surface area contributed by atoms with Crippen LogP contribution in [0.1, 0.15) is 25.8 Å². The third-order valence-corrected chi connectivity index (χ3v) is 5.17. The van der Waals surface area contributed by atoms with Gasteiger partial charge in [-0.1, -0.05) is 37.3 Å². The molecule has 0 amide bonds. The van der Waals surface area contributed by atoms with Crippen molar-refractivity contribution in [1.29, 1.82) is 0 Å². The number of hydrogen-bond donors (Lipinski definition) is 1. The number of benzene rings is 1. The third-order valence-electron chi connectivity index (χ3n) is 5.17. The van der Waals surface area contributed by atoms with Gasteiger partial charge in [-0.15, -0.1) is 0 Å². The van der Waals surface area contributed by atoms with Crippen molar-refractivity contribution in [2.75, 3.05) is 13.2 Å². The van der Waals surface area contributed by atoms with E-state index in [1.807, 2.05) is 37.3 Å². The van der Waals surface area contributed by atoms with E-state index in [4.69, 9.17) is 19.0 Å². The minimum absolute atomic E-state index is 0.0604. The first-order chi connectivity index (χ1) is 16.1. The van der Waals surface area contributed by atoms with E-state index < -0.39 is 5.97 Å². The van der Waals surface area contributed by atoms with Crippen molar-refractivity contribution in [2.24, 2.45) is 0 Å². The second kappa shape index (κ2) is 10.2. The molecule has 0 fully saturated rings. The lowest BCUT2D eigenvalue weighted by molar-refractivity contribution is -0.138. The number of nitrogens with zero attached hydrogens (tertiary/aromatic N) is 3. The van der Waals surface area contributed by atoms with E-state index >= 15 is 0 Å². The average Bonchev–Trinajstić information content (AvgIpc) is 3.23. The molecule has 0 saturated heterocycles. The number of carboxylic acids is 1. The highest BCUT2D eigenvalue weighted by molar-refractivity contribution is 6.02. The molecule has 0 radical (unpaired) electrons. The Morgan fingerprint density at radius 1 is 1.12 bits per heavy atom. The van der Waals surface area contributed by atoms with E-state index in [1.54, 1.807) is 6.20 Å². The van der Waals surface area contributed by atoms with Gasteiger partial charge in [-0.05, 0) is 36.6 Å². The molecule has 1 aromatic carbocycles. The van der Waals surface area contributed by atoms with Gasteiger partial charge < -0.3 is 19.0 Å². The molecule has 3 heterocycles. The van der Waals surface area contributed by atoms with Gasteiger partial charge in [0.1, 0.15) is 24.0 Å². The van der Waals surface area contributed by atoms with Crippen LogP contribution in [0.2, 0.25) is 0 Å². The average molecular weight is 447 g/mol. The van der Waals surface area contributed by atoms with Gasteiger partial charge in [-0.2, -0.15) is 0 Å². The predicted octanol–water partition coefficient (Wildman–Crippen LogP) is 4.77. The zero-order chi connectivity index (χ0) is 23.2. The maximum Gasteiger partial charge on any atom is 0.305 e. The van der Waals surface area contributed by atoms with Crippen LogP contribution in [0.15, 0.2) is 59.4 Å². The summed E-state index contributed by atoms with van der Waals surface area (Å²) in [6.45, 7) is 4.24. The topological polar surface area (TPSA) is 108 Å². The normalized spacial score (nSPS) is 12.1. The number of ether oxygens (including phenoxy) is 2. The van der Waals surface area contributed by atoms with Gasteiger partial charge in [0.2, 0.25) is 11.6 Å².